The summed E-state index contributed by atoms with van der Waals surface area (Å²) in [7, 11) is -1.98. The summed E-state index contributed by atoms with van der Waals surface area (Å²) in [5, 5.41) is 8.02. The number of methoxy groups -OCH3 is 4. The van der Waals surface area contributed by atoms with Crippen molar-refractivity contribution in [2.75, 3.05) is 54.7 Å². The smallest absolute Gasteiger partial charge is 0.309 e. The molecule has 2 unspecified atom stereocenters. The first-order chi connectivity index (χ1) is 33.9. The number of nitrogens with zero attached hydrogens (tertiary/aromatic N) is 6. The summed E-state index contributed by atoms with van der Waals surface area (Å²) < 4.78 is 88.0. The Labute approximate surface area is 401 Å². The average molecular weight is 929 g/mol. The normalized spacial score (nSPS) is 21.5. The van der Waals surface area contributed by atoms with Crippen LogP contribution in [-0.4, -0.2) is 91.0 Å². The van der Waals surface area contributed by atoms with Crippen molar-refractivity contribution in [1.82, 2.24) is 0 Å². The van der Waals surface area contributed by atoms with E-state index in [1.165, 1.54) is 0 Å². The van der Waals surface area contributed by atoms with Crippen molar-refractivity contribution in [1.29, 1.82) is 0 Å². The zero-order chi connectivity index (χ0) is 53.8. The van der Waals surface area contributed by atoms with Crippen LogP contribution in [-0.2, 0) is 41.4 Å². The summed E-state index contributed by atoms with van der Waals surface area (Å²) in [6.45, 7) is 18.1. The van der Waals surface area contributed by atoms with Gasteiger partial charge in [0.2, 0.25) is 0 Å². The summed E-state index contributed by atoms with van der Waals surface area (Å²) in [6, 6.07) is 9.56. The van der Waals surface area contributed by atoms with Crippen molar-refractivity contribution in [3.63, 3.8) is 0 Å². The lowest BCUT2D eigenvalue weighted by Crippen LogP contribution is -2.29. The second kappa shape index (κ2) is 29.0. The molecule has 8 atom stereocenters. The molecular formula is C50H78N6O10. The molecule has 368 valence electrons. The molecule has 16 nitrogen and oxygen atoms in total. The third kappa shape index (κ3) is 17.4. The Hall–Kier alpha value is -4.88. The van der Waals surface area contributed by atoms with E-state index < -0.39 is 38.4 Å². The van der Waals surface area contributed by atoms with Gasteiger partial charge in [0.1, 0.15) is 12.2 Å². The van der Waals surface area contributed by atoms with Gasteiger partial charge in [0.15, 0.2) is 23.0 Å². The van der Waals surface area contributed by atoms with Crippen LogP contribution in [0.2, 0.25) is 0 Å². The van der Waals surface area contributed by atoms with E-state index in [-0.39, 0.29) is 70.8 Å². The van der Waals surface area contributed by atoms with Gasteiger partial charge in [0.05, 0.1) is 59.4 Å². The summed E-state index contributed by atoms with van der Waals surface area (Å²) in [4.78, 5) is 30.7. The number of hydrogen-bond donors (Lipinski definition) is 0. The fourth-order valence-corrected chi connectivity index (χ4v) is 8.43. The molecule has 2 aliphatic heterocycles. The Morgan fingerprint density at radius 2 is 1.03 bits per heavy atom. The standard InChI is InChI=1S/2C25H39N3O5/c2*1-16(2)19(14-21(27-28-26)23-15-20(17(3)4)25(29)33-23)12-18-8-9-22(31-6)24(13-18)32-11-7-10-30-5/h2*8-9,13,16-17,19-21,23H,7,10-12,14-15H2,1-6H3/t19-,20-,21?,23?;19-,20-,21-,23-/m00/s1/i2*6D3. The third-order valence-electron chi connectivity index (χ3n) is 12.7. The molecule has 2 saturated heterocycles. The van der Waals surface area contributed by atoms with Gasteiger partial charge >= 0.3 is 11.9 Å². The summed E-state index contributed by atoms with van der Waals surface area (Å²) >= 11 is 0. The van der Waals surface area contributed by atoms with E-state index in [0.717, 1.165) is 11.1 Å². The predicted molar refractivity (Wildman–Crippen MR) is 255 cm³/mol. The Balaban J connectivity index is 0.000000380. The lowest BCUT2D eigenvalue weighted by atomic mass is 9.82. The van der Waals surface area contributed by atoms with Crippen molar-refractivity contribution in [2.45, 2.75) is 131 Å². The minimum absolute atomic E-state index is 0.119. The van der Waals surface area contributed by atoms with Gasteiger partial charge in [-0.05, 0) is 120 Å². The number of carbonyl (C=O) groups excluding carboxylic acids is 2. The van der Waals surface area contributed by atoms with Crippen LogP contribution in [0.25, 0.3) is 20.9 Å². The van der Waals surface area contributed by atoms with Crippen LogP contribution in [0.4, 0.5) is 0 Å². The van der Waals surface area contributed by atoms with Crippen LogP contribution in [0.5, 0.6) is 23.0 Å². The highest BCUT2D eigenvalue weighted by atomic mass is 16.6. The van der Waals surface area contributed by atoms with Gasteiger partial charge in [-0.2, -0.15) is 0 Å². The predicted octanol–water partition coefficient (Wildman–Crippen LogP) is 11.2. The Morgan fingerprint density at radius 1 is 0.636 bits per heavy atom. The molecule has 2 heterocycles. The highest BCUT2D eigenvalue weighted by Crippen LogP contribution is 2.38. The highest BCUT2D eigenvalue weighted by molar-refractivity contribution is 5.75. The van der Waals surface area contributed by atoms with Crippen LogP contribution < -0.4 is 18.9 Å². The van der Waals surface area contributed by atoms with Gasteiger partial charge in [-0.25, -0.2) is 0 Å². The first kappa shape index (κ1) is 46.2. The molecule has 2 aromatic carbocycles. The summed E-state index contributed by atoms with van der Waals surface area (Å²) in [6.07, 6.45) is 3.93. The quantitative estimate of drug-likeness (QED) is 0.0259. The van der Waals surface area contributed by atoms with Crippen molar-refractivity contribution in [3.8, 4) is 23.0 Å². The molecule has 0 bridgehead atoms. The number of hydrogen-bond acceptors (Lipinski definition) is 12. The first-order valence-electron chi connectivity index (χ1n) is 26.3. The topological polar surface area (TPSA) is 206 Å². The molecule has 0 N–H and O–H groups in total. The monoisotopic (exact) mass is 929 g/mol. The number of azide groups is 2. The highest BCUT2D eigenvalue weighted by Gasteiger charge is 2.42. The van der Waals surface area contributed by atoms with E-state index in [9.17, 15) is 20.7 Å². The van der Waals surface area contributed by atoms with E-state index in [0.29, 0.717) is 89.3 Å². The Morgan fingerprint density at radius 3 is 1.33 bits per heavy atom. The van der Waals surface area contributed by atoms with Crippen molar-refractivity contribution >= 4 is 11.9 Å². The van der Waals surface area contributed by atoms with Crippen molar-refractivity contribution < 1.29 is 55.7 Å². The lowest BCUT2D eigenvalue weighted by molar-refractivity contribution is -0.146. The van der Waals surface area contributed by atoms with Crippen LogP contribution in [0.1, 0.15) is 113 Å². The second-order valence-corrected chi connectivity index (χ2v) is 18.7. The molecule has 0 radical (unpaired) electrons. The Kier molecular flexibility index (Phi) is 20.3. The minimum atomic E-state index is -2.60. The SMILES string of the molecule is [2H]C([2H])([2H])Oc1ccc(C[C@@H](CC(N=[N+]=[N-])C2C[C@@H](C(C)C)C(=O)O2)C(C)C)cc1OCCCOC.[2H]C([2H])([2H])Oc1ccc(C[C@@H](C[C@H](N=[N+]=[N-])[C@@H]2C[C@@H](C(C)C)C(=O)O2)C(C)C)cc1OCCCOC. The maximum Gasteiger partial charge on any atom is 0.309 e. The average Bonchev–Trinajstić information content (AvgIpc) is 3.89. The summed E-state index contributed by atoms with van der Waals surface area (Å²) in [5.74, 6) is 1.26. The lowest BCUT2D eigenvalue weighted by Gasteiger charge is -2.27. The van der Waals surface area contributed by atoms with Crippen LogP contribution in [0.3, 0.4) is 0 Å². The molecule has 0 spiro atoms. The van der Waals surface area contributed by atoms with Gasteiger partial charge in [-0.15, -0.1) is 0 Å². The number of carbonyl (C=O) groups is 2. The molecule has 0 aromatic heterocycles. The molecule has 2 fully saturated rings. The molecule has 2 aliphatic rings. The van der Waals surface area contributed by atoms with Gasteiger partial charge in [-0.3, -0.25) is 9.59 Å². The number of rotatable bonds is 28. The zero-order valence-corrected chi connectivity index (χ0v) is 40.6. The molecule has 0 aliphatic carbocycles. The van der Waals surface area contributed by atoms with Crippen LogP contribution >= 0.6 is 0 Å². The van der Waals surface area contributed by atoms with Crippen molar-refractivity contribution in [3.05, 3.63) is 68.4 Å². The largest absolute Gasteiger partial charge is 0.493 e. The van der Waals surface area contributed by atoms with E-state index in [4.69, 9.17) is 46.1 Å². The number of ether oxygens (including phenoxy) is 8. The first-order valence-corrected chi connectivity index (χ1v) is 23.3. The fraction of sp³-hybridized carbons (Fsp3) is 0.720. The molecule has 66 heavy (non-hydrogen) atoms. The Bertz CT molecular complexity index is 1950. The van der Waals surface area contributed by atoms with E-state index in [1.807, 2.05) is 39.8 Å². The van der Waals surface area contributed by atoms with E-state index in [1.54, 1.807) is 38.5 Å². The maximum absolute atomic E-state index is 12.3. The second-order valence-electron chi connectivity index (χ2n) is 18.7. The fourth-order valence-electron chi connectivity index (χ4n) is 8.43. The minimum Gasteiger partial charge on any atom is -0.493 e. The number of benzene rings is 2. The molecule has 16 heteroatoms. The van der Waals surface area contributed by atoms with Gasteiger partial charge in [-0.1, -0.05) is 77.8 Å². The van der Waals surface area contributed by atoms with Crippen LogP contribution in [0.15, 0.2) is 46.6 Å². The maximum atomic E-state index is 12.3. The number of cyclic esters (lactones) is 2. The van der Waals surface area contributed by atoms with Gasteiger partial charge in [0.25, 0.3) is 0 Å². The van der Waals surface area contributed by atoms with Crippen molar-refractivity contribution in [2.24, 2.45) is 57.6 Å². The van der Waals surface area contributed by atoms with Gasteiger partial charge < -0.3 is 37.9 Å². The molecular weight excluding hydrogens is 845 g/mol. The molecule has 2 aromatic rings. The summed E-state index contributed by atoms with van der Waals surface area (Å²) in [5.41, 5.74) is 20.3. The zero-order valence-electron chi connectivity index (χ0n) is 46.6. The van der Waals surface area contributed by atoms with Gasteiger partial charge in [0, 0.05) is 50.1 Å². The van der Waals surface area contributed by atoms with Crippen LogP contribution in [0, 0.1) is 47.3 Å². The molecule has 4 rings (SSSR count). The number of esters is 2. The molecule has 0 amide bonds. The molecule has 0 saturated carbocycles. The van der Waals surface area contributed by atoms with E-state index in [2.05, 4.69) is 47.7 Å². The van der Waals surface area contributed by atoms with E-state index >= 15 is 0 Å². The third-order valence-corrected chi connectivity index (χ3v) is 12.7.